The molecule has 0 amide bonds. The molecule has 0 aromatic heterocycles. The second kappa shape index (κ2) is 7.80. The molecule has 0 aliphatic heterocycles. The van der Waals surface area contributed by atoms with Crippen molar-refractivity contribution in [3.63, 3.8) is 0 Å². The van der Waals surface area contributed by atoms with E-state index in [0.29, 0.717) is 17.9 Å². The van der Waals surface area contributed by atoms with Crippen molar-refractivity contribution < 1.29 is 8.85 Å². The molecule has 0 saturated heterocycles. The van der Waals surface area contributed by atoms with Gasteiger partial charge < -0.3 is 8.85 Å². The average molecular weight is 209 g/mol. The van der Waals surface area contributed by atoms with Gasteiger partial charge in [-0.05, 0) is 12.8 Å². The van der Waals surface area contributed by atoms with E-state index in [1.54, 1.807) is 0 Å². The van der Waals surface area contributed by atoms with E-state index in [4.69, 9.17) is 20.5 Å². The lowest BCUT2D eigenvalue weighted by atomic mass is 10.5. The van der Waals surface area contributed by atoms with Crippen LogP contribution < -0.4 is 0 Å². The normalized spacial score (nSPS) is 10.7. The first-order chi connectivity index (χ1) is 5.72. The SMILES string of the molecule is C=C(Cl)[SiH](OCCC)OCCC. The smallest absolute Gasteiger partial charge is 0.367 e. The Morgan fingerprint density at radius 3 is 1.92 bits per heavy atom. The summed E-state index contributed by atoms with van der Waals surface area (Å²) in [5.41, 5.74) is 0. The molecule has 0 unspecified atom stereocenters. The predicted molar refractivity (Wildman–Crippen MR) is 54.6 cm³/mol. The summed E-state index contributed by atoms with van der Waals surface area (Å²) in [6, 6.07) is 0. The highest BCUT2D eigenvalue weighted by Gasteiger charge is 2.14. The fourth-order valence-corrected chi connectivity index (χ4v) is 2.41. The van der Waals surface area contributed by atoms with Crippen molar-refractivity contribution in [1.82, 2.24) is 0 Å². The van der Waals surface area contributed by atoms with Gasteiger partial charge in [0.1, 0.15) is 0 Å². The summed E-state index contributed by atoms with van der Waals surface area (Å²) in [6.07, 6.45) is 1.98. The first kappa shape index (κ1) is 12.2. The highest BCUT2D eigenvalue weighted by Crippen LogP contribution is 2.07. The summed E-state index contributed by atoms with van der Waals surface area (Å²) in [5, 5.41) is 0. The van der Waals surface area contributed by atoms with Gasteiger partial charge in [0.05, 0.1) is 0 Å². The predicted octanol–water partition coefficient (Wildman–Crippen LogP) is 2.35. The minimum absolute atomic E-state index is 0.553. The van der Waals surface area contributed by atoms with E-state index in [1.165, 1.54) is 0 Å². The molecular weight excluding hydrogens is 192 g/mol. The Hall–Kier alpha value is 0.167. The van der Waals surface area contributed by atoms with Crippen LogP contribution in [0.15, 0.2) is 11.2 Å². The highest BCUT2D eigenvalue weighted by atomic mass is 35.5. The fourth-order valence-electron chi connectivity index (χ4n) is 0.679. The molecule has 0 N–H and O–H groups in total. The maximum Gasteiger partial charge on any atom is 0.367 e. The van der Waals surface area contributed by atoms with Crippen molar-refractivity contribution in [1.29, 1.82) is 0 Å². The van der Waals surface area contributed by atoms with Gasteiger partial charge in [0.2, 0.25) is 0 Å². The molecule has 0 spiro atoms. The number of rotatable bonds is 7. The second-order valence-electron chi connectivity index (χ2n) is 2.52. The lowest BCUT2D eigenvalue weighted by Crippen LogP contribution is -2.24. The topological polar surface area (TPSA) is 18.5 Å². The Morgan fingerprint density at radius 1 is 1.25 bits per heavy atom. The third-order valence-electron chi connectivity index (χ3n) is 1.20. The quantitative estimate of drug-likeness (QED) is 0.598. The summed E-state index contributed by atoms with van der Waals surface area (Å²) in [5.74, 6) is 0. The minimum atomic E-state index is -1.77. The molecule has 4 heteroatoms. The zero-order valence-electron chi connectivity index (χ0n) is 7.81. The molecule has 72 valence electrons. The molecule has 0 atom stereocenters. The average Bonchev–Trinajstić information content (AvgIpc) is 2.04. The Morgan fingerprint density at radius 2 is 1.67 bits per heavy atom. The third-order valence-corrected chi connectivity index (χ3v) is 3.33. The van der Waals surface area contributed by atoms with Crippen LogP contribution in [-0.2, 0) is 8.85 Å². The molecule has 12 heavy (non-hydrogen) atoms. The monoisotopic (exact) mass is 208 g/mol. The molecule has 0 rings (SSSR count). The second-order valence-corrected chi connectivity index (χ2v) is 5.40. The van der Waals surface area contributed by atoms with Crippen LogP contribution in [0.1, 0.15) is 26.7 Å². The zero-order valence-corrected chi connectivity index (χ0v) is 9.72. The Bertz CT molecular complexity index is 122. The lowest BCUT2D eigenvalue weighted by Gasteiger charge is -2.14. The van der Waals surface area contributed by atoms with Crippen molar-refractivity contribution in [3.8, 4) is 0 Å². The Kier molecular flexibility index (Phi) is 7.91. The van der Waals surface area contributed by atoms with Gasteiger partial charge in [-0.1, -0.05) is 32.0 Å². The highest BCUT2D eigenvalue weighted by molar-refractivity contribution is 6.68. The molecule has 0 radical (unpaired) electrons. The van der Waals surface area contributed by atoms with E-state index in [2.05, 4.69) is 20.4 Å². The summed E-state index contributed by atoms with van der Waals surface area (Å²) in [4.78, 5) is 0. The molecule has 0 aromatic carbocycles. The van der Waals surface area contributed by atoms with Crippen LogP contribution in [0.5, 0.6) is 0 Å². The van der Waals surface area contributed by atoms with E-state index in [9.17, 15) is 0 Å². The van der Waals surface area contributed by atoms with Gasteiger partial charge in [-0.25, -0.2) is 0 Å². The van der Waals surface area contributed by atoms with Gasteiger partial charge in [0.15, 0.2) is 0 Å². The molecule has 0 aliphatic carbocycles. The van der Waals surface area contributed by atoms with Crippen molar-refractivity contribution in [3.05, 3.63) is 11.2 Å². The van der Waals surface area contributed by atoms with E-state index in [-0.39, 0.29) is 0 Å². The maximum atomic E-state index is 5.73. The van der Waals surface area contributed by atoms with E-state index in [1.807, 2.05) is 0 Å². The van der Waals surface area contributed by atoms with Crippen LogP contribution >= 0.6 is 11.6 Å². The van der Waals surface area contributed by atoms with Crippen LogP contribution in [0.3, 0.4) is 0 Å². The van der Waals surface area contributed by atoms with Crippen LogP contribution in [0.4, 0.5) is 0 Å². The molecule has 0 aromatic rings. The largest absolute Gasteiger partial charge is 0.393 e. The Labute approximate surface area is 81.4 Å². The van der Waals surface area contributed by atoms with Gasteiger partial charge in [0.25, 0.3) is 0 Å². The standard InChI is InChI=1S/C8H17ClO2Si/c1-4-6-10-12(8(3)9)11-7-5-2/h12H,3-7H2,1-2H3. The summed E-state index contributed by atoms with van der Waals surface area (Å²) in [7, 11) is -1.77. The first-order valence-corrected chi connectivity index (χ1v) is 6.19. The molecule has 0 bridgehead atoms. The Balaban J connectivity index is 3.62. The molecule has 0 aliphatic rings. The van der Waals surface area contributed by atoms with Gasteiger partial charge in [-0.3, -0.25) is 0 Å². The van der Waals surface area contributed by atoms with Crippen molar-refractivity contribution in [2.24, 2.45) is 0 Å². The number of hydrogen-bond donors (Lipinski definition) is 0. The summed E-state index contributed by atoms with van der Waals surface area (Å²) < 4.78 is 11.4. The molecule has 2 nitrogen and oxygen atoms in total. The van der Waals surface area contributed by atoms with Gasteiger partial charge in [-0.15, -0.1) is 0 Å². The summed E-state index contributed by atoms with van der Waals surface area (Å²) >= 11 is 5.73. The van der Waals surface area contributed by atoms with Crippen LogP contribution in [0.2, 0.25) is 0 Å². The third kappa shape index (κ3) is 5.77. The number of hydrogen-bond acceptors (Lipinski definition) is 2. The van der Waals surface area contributed by atoms with Crippen LogP contribution in [0, 0.1) is 0 Å². The van der Waals surface area contributed by atoms with Gasteiger partial charge in [0, 0.05) is 17.9 Å². The van der Waals surface area contributed by atoms with E-state index in [0.717, 1.165) is 12.8 Å². The van der Waals surface area contributed by atoms with Gasteiger partial charge in [-0.2, -0.15) is 0 Å². The molecule has 0 heterocycles. The molecule has 0 fully saturated rings. The summed E-state index contributed by atoms with van der Waals surface area (Å²) in [6.45, 7) is 9.18. The van der Waals surface area contributed by atoms with Crippen LogP contribution in [-0.4, -0.2) is 22.5 Å². The van der Waals surface area contributed by atoms with Crippen molar-refractivity contribution in [2.45, 2.75) is 26.7 Å². The van der Waals surface area contributed by atoms with E-state index < -0.39 is 9.28 Å². The lowest BCUT2D eigenvalue weighted by molar-refractivity contribution is 0.205. The fraction of sp³-hybridized carbons (Fsp3) is 0.750. The molecule has 0 saturated carbocycles. The minimum Gasteiger partial charge on any atom is -0.393 e. The maximum absolute atomic E-state index is 5.73. The van der Waals surface area contributed by atoms with Crippen molar-refractivity contribution >= 4 is 20.9 Å². The first-order valence-electron chi connectivity index (χ1n) is 4.29. The zero-order chi connectivity index (χ0) is 9.40. The van der Waals surface area contributed by atoms with Crippen molar-refractivity contribution in [2.75, 3.05) is 13.2 Å². The molecular formula is C8H17ClO2Si. The number of halogens is 1. The van der Waals surface area contributed by atoms with Gasteiger partial charge >= 0.3 is 9.28 Å². The van der Waals surface area contributed by atoms with Crippen LogP contribution in [0.25, 0.3) is 0 Å². The van der Waals surface area contributed by atoms with E-state index >= 15 is 0 Å².